The topological polar surface area (TPSA) is 67.3 Å². The first-order valence-electron chi connectivity index (χ1n) is 8.78. The maximum Gasteiger partial charge on any atom is 0.255 e. The Balaban J connectivity index is 1.83. The van der Waals surface area contributed by atoms with E-state index in [1.54, 1.807) is 11.0 Å². The molecule has 9 heteroatoms. The summed E-state index contributed by atoms with van der Waals surface area (Å²) in [5, 5.41) is 0.277. The first-order chi connectivity index (χ1) is 13.2. The first-order valence-corrected chi connectivity index (χ1v) is 11.6. The predicted octanol–water partition coefficient (Wildman–Crippen LogP) is 4.89. The standard InChI is InChI=1S/C19H19Cl3N2O3S/c1-12-2-4-24(5-3-12)19(25)14-6-13(9-23-10-14)11-28(26,27)18-8-16(21)15(20)7-17(18)22/h6-10,12H,2-5,11H2,1H3. The number of benzene rings is 1. The molecule has 3 rings (SSSR count). The van der Waals surface area contributed by atoms with Crippen molar-refractivity contribution in [3.8, 4) is 0 Å². The molecule has 0 atom stereocenters. The Morgan fingerprint density at radius 2 is 1.71 bits per heavy atom. The number of pyridine rings is 1. The summed E-state index contributed by atoms with van der Waals surface area (Å²) in [4.78, 5) is 18.4. The second kappa shape index (κ2) is 8.57. The van der Waals surface area contributed by atoms with Gasteiger partial charge in [0.2, 0.25) is 0 Å². The molecule has 2 heterocycles. The SMILES string of the molecule is CC1CCN(C(=O)c2cncc(CS(=O)(=O)c3cc(Cl)c(Cl)cc3Cl)c2)CC1. The second-order valence-electron chi connectivity index (χ2n) is 7.01. The molecule has 1 aliphatic heterocycles. The molecule has 1 saturated heterocycles. The minimum Gasteiger partial charge on any atom is -0.339 e. The number of halogens is 3. The van der Waals surface area contributed by atoms with Crippen molar-refractivity contribution < 1.29 is 13.2 Å². The zero-order valence-corrected chi connectivity index (χ0v) is 18.2. The van der Waals surface area contributed by atoms with Crippen molar-refractivity contribution in [3.05, 3.63) is 56.8 Å². The van der Waals surface area contributed by atoms with Crippen LogP contribution in [0, 0.1) is 5.92 Å². The van der Waals surface area contributed by atoms with E-state index in [0.29, 0.717) is 30.1 Å². The molecule has 5 nitrogen and oxygen atoms in total. The van der Waals surface area contributed by atoms with Crippen LogP contribution in [0.3, 0.4) is 0 Å². The third kappa shape index (κ3) is 4.79. The Morgan fingerprint density at radius 1 is 1.07 bits per heavy atom. The summed E-state index contributed by atoms with van der Waals surface area (Å²) >= 11 is 17.9. The van der Waals surface area contributed by atoms with E-state index in [1.165, 1.54) is 24.5 Å². The summed E-state index contributed by atoms with van der Waals surface area (Å²) in [6.07, 6.45) is 4.81. The lowest BCUT2D eigenvalue weighted by Crippen LogP contribution is -2.38. The van der Waals surface area contributed by atoms with Crippen molar-refractivity contribution in [2.75, 3.05) is 13.1 Å². The minimum atomic E-state index is -3.80. The smallest absolute Gasteiger partial charge is 0.255 e. The number of likely N-dealkylation sites (tertiary alicyclic amines) is 1. The molecule has 0 spiro atoms. The lowest BCUT2D eigenvalue weighted by molar-refractivity contribution is 0.0696. The molecule has 0 bridgehead atoms. The number of rotatable bonds is 4. The van der Waals surface area contributed by atoms with Crippen molar-refractivity contribution in [3.63, 3.8) is 0 Å². The second-order valence-corrected chi connectivity index (χ2v) is 10.2. The Morgan fingerprint density at radius 3 is 2.39 bits per heavy atom. The number of hydrogen-bond donors (Lipinski definition) is 0. The Kier molecular flexibility index (Phi) is 6.54. The van der Waals surface area contributed by atoms with Crippen molar-refractivity contribution in [1.29, 1.82) is 0 Å². The molecule has 0 N–H and O–H groups in total. The quantitative estimate of drug-likeness (QED) is 0.608. The van der Waals surface area contributed by atoms with Gasteiger partial charge in [0.25, 0.3) is 5.91 Å². The molecule has 1 fully saturated rings. The van der Waals surface area contributed by atoms with Gasteiger partial charge in [-0.15, -0.1) is 0 Å². The predicted molar refractivity (Wildman–Crippen MR) is 111 cm³/mol. The van der Waals surface area contributed by atoms with Gasteiger partial charge in [-0.25, -0.2) is 8.42 Å². The molecular weight excluding hydrogens is 443 g/mol. The van der Waals surface area contributed by atoms with Crippen LogP contribution < -0.4 is 0 Å². The van der Waals surface area contributed by atoms with Crippen molar-refractivity contribution >= 4 is 50.5 Å². The van der Waals surface area contributed by atoms with E-state index >= 15 is 0 Å². The number of aromatic nitrogens is 1. The zero-order chi connectivity index (χ0) is 20.5. The van der Waals surface area contributed by atoms with Crippen LogP contribution in [-0.2, 0) is 15.6 Å². The number of piperidine rings is 1. The molecule has 0 saturated carbocycles. The first kappa shape index (κ1) is 21.4. The van der Waals surface area contributed by atoms with E-state index in [9.17, 15) is 13.2 Å². The number of carbonyl (C=O) groups is 1. The Hall–Kier alpha value is -1.34. The van der Waals surface area contributed by atoms with Gasteiger partial charge < -0.3 is 4.90 Å². The molecule has 0 unspecified atom stereocenters. The van der Waals surface area contributed by atoms with Crippen LogP contribution in [0.1, 0.15) is 35.7 Å². The lowest BCUT2D eigenvalue weighted by atomic mass is 9.99. The van der Waals surface area contributed by atoms with Crippen LogP contribution >= 0.6 is 34.8 Å². The summed E-state index contributed by atoms with van der Waals surface area (Å²) in [7, 11) is -3.80. The van der Waals surface area contributed by atoms with Crippen molar-refractivity contribution in [2.45, 2.75) is 30.4 Å². The van der Waals surface area contributed by atoms with Gasteiger partial charge in [0.1, 0.15) is 0 Å². The van der Waals surface area contributed by atoms with E-state index < -0.39 is 9.84 Å². The van der Waals surface area contributed by atoms with Crippen molar-refractivity contribution in [2.24, 2.45) is 5.92 Å². The summed E-state index contributed by atoms with van der Waals surface area (Å²) in [5.74, 6) is 0.122. The fraction of sp³-hybridized carbons (Fsp3) is 0.368. The summed E-state index contributed by atoms with van der Waals surface area (Å²) in [6.45, 7) is 3.56. The maximum atomic E-state index is 12.8. The van der Waals surface area contributed by atoms with Crippen LogP contribution in [0.5, 0.6) is 0 Å². The van der Waals surface area contributed by atoms with Crippen LogP contribution in [-0.4, -0.2) is 37.3 Å². The summed E-state index contributed by atoms with van der Waals surface area (Å²) in [5.41, 5.74) is 0.779. The lowest BCUT2D eigenvalue weighted by Gasteiger charge is -2.30. The normalized spacial score (nSPS) is 15.6. The number of hydrogen-bond acceptors (Lipinski definition) is 4. The highest BCUT2D eigenvalue weighted by Gasteiger charge is 2.24. The van der Waals surface area contributed by atoms with Crippen LogP contribution in [0.25, 0.3) is 0 Å². The molecule has 1 aromatic carbocycles. The Labute approximate surface area is 179 Å². The molecule has 0 radical (unpaired) electrons. The van der Waals surface area contributed by atoms with Gasteiger partial charge in [-0.2, -0.15) is 0 Å². The number of carbonyl (C=O) groups excluding carboxylic acids is 1. The number of nitrogens with zero attached hydrogens (tertiary/aromatic N) is 2. The molecule has 0 aliphatic carbocycles. The third-order valence-electron chi connectivity index (χ3n) is 4.78. The van der Waals surface area contributed by atoms with Gasteiger partial charge in [0.05, 0.1) is 31.3 Å². The number of sulfone groups is 1. The highest BCUT2D eigenvalue weighted by atomic mass is 35.5. The highest BCUT2D eigenvalue weighted by molar-refractivity contribution is 7.90. The van der Waals surface area contributed by atoms with Gasteiger partial charge in [-0.3, -0.25) is 9.78 Å². The average molecular weight is 462 g/mol. The Bertz CT molecular complexity index is 1000. The molecule has 1 aromatic heterocycles. The van der Waals surface area contributed by atoms with Gasteiger partial charge in [0, 0.05) is 25.5 Å². The van der Waals surface area contributed by atoms with E-state index in [1.807, 2.05) is 0 Å². The number of amides is 1. The summed E-state index contributed by atoms with van der Waals surface area (Å²) in [6, 6.07) is 4.10. The van der Waals surface area contributed by atoms with Gasteiger partial charge in [-0.05, 0) is 42.5 Å². The molecule has 2 aromatic rings. The van der Waals surface area contributed by atoms with Gasteiger partial charge in [-0.1, -0.05) is 41.7 Å². The fourth-order valence-corrected chi connectivity index (χ4v) is 5.49. The molecule has 150 valence electrons. The zero-order valence-electron chi connectivity index (χ0n) is 15.2. The van der Waals surface area contributed by atoms with E-state index in [4.69, 9.17) is 34.8 Å². The highest BCUT2D eigenvalue weighted by Crippen LogP contribution is 2.33. The molecular formula is C19H19Cl3N2O3S. The van der Waals surface area contributed by atoms with E-state index in [-0.39, 0.29) is 31.6 Å². The van der Waals surface area contributed by atoms with Gasteiger partial charge in [0.15, 0.2) is 9.84 Å². The van der Waals surface area contributed by atoms with Crippen LogP contribution in [0.4, 0.5) is 0 Å². The monoisotopic (exact) mass is 460 g/mol. The van der Waals surface area contributed by atoms with Gasteiger partial charge >= 0.3 is 0 Å². The van der Waals surface area contributed by atoms with Crippen molar-refractivity contribution in [1.82, 2.24) is 9.88 Å². The third-order valence-corrected chi connectivity index (χ3v) is 7.65. The maximum absolute atomic E-state index is 12.8. The fourth-order valence-electron chi connectivity index (χ4n) is 3.12. The van der Waals surface area contributed by atoms with Crippen LogP contribution in [0.15, 0.2) is 35.5 Å². The summed E-state index contributed by atoms with van der Waals surface area (Å²) < 4.78 is 25.6. The average Bonchev–Trinajstić information content (AvgIpc) is 2.64. The molecule has 1 amide bonds. The largest absolute Gasteiger partial charge is 0.339 e. The molecule has 28 heavy (non-hydrogen) atoms. The van der Waals surface area contributed by atoms with E-state index in [2.05, 4.69) is 11.9 Å². The van der Waals surface area contributed by atoms with E-state index in [0.717, 1.165) is 12.8 Å². The molecule has 1 aliphatic rings. The minimum absolute atomic E-state index is 0.00275. The van der Waals surface area contributed by atoms with Crippen LogP contribution in [0.2, 0.25) is 15.1 Å².